The fourth-order valence-electron chi connectivity index (χ4n) is 3.32. The van der Waals surface area contributed by atoms with Gasteiger partial charge in [-0.1, -0.05) is 12.1 Å². The summed E-state index contributed by atoms with van der Waals surface area (Å²) < 4.78 is 11.9. The minimum Gasteiger partial charge on any atom is -0.472 e. The zero-order valence-electron chi connectivity index (χ0n) is 12.7. The molecule has 0 aromatic carbocycles. The summed E-state index contributed by atoms with van der Waals surface area (Å²) in [5.74, 6) is 0.734. The average molecular weight is 330 g/mol. The average Bonchev–Trinajstić information content (AvgIpc) is 3.31. The van der Waals surface area contributed by atoms with Crippen LogP contribution in [0.15, 0.2) is 41.9 Å². The van der Waals surface area contributed by atoms with Crippen LogP contribution in [0.5, 0.6) is 5.88 Å². The molecule has 2 aromatic heterocycles. The van der Waals surface area contributed by atoms with E-state index >= 15 is 0 Å². The predicted octanol–water partition coefficient (Wildman–Crippen LogP) is 2.60. The highest BCUT2D eigenvalue weighted by Crippen LogP contribution is 2.37. The van der Waals surface area contributed by atoms with Crippen LogP contribution in [0.2, 0.25) is 0 Å². The summed E-state index contributed by atoms with van der Waals surface area (Å²) in [5, 5.41) is 1.93. The second-order valence-corrected chi connectivity index (χ2v) is 7.01. The molecule has 1 spiro atoms. The van der Waals surface area contributed by atoms with Gasteiger partial charge in [-0.2, -0.15) is 0 Å². The van der Waals surface area contributed by atoms with Gasteiger partial charge >= 0.3 is 0 Å². The largest absolute Gasteiger partial charge is 0.472 e. The Hall–Kier alpha value is -1.92. The van der Waals surface area contributed by atoms with Gasteiger partial charge in [-0.25, -0.2) is 4.98 Å². The van der Waals surface area contributed by atoms with E-state index in [0.717, 1.165) is 24.3 Å². The molecular formula is C17H18N2O3S. The van der Waals surface area contributed by atoms with E-state index in [4.69, 9.17) is 9.47 Å². The number of nitrogens with zero attached hydrogens (tertiary/aromatic N) is 2. The molecule has 120 valence electrons. The topological polar surface area (TPSA) is 51.7 Å². The van der Waals surface area contributed by atoms with Crippen LogP contribution in [-0.4, -0.2) is 47.2 Å². The smallest absolute Gasteiger partial charge is 0.264 e. The molecule has 0 radical (unpaired) electrons. The molecule has 4 rings (SSSR count). The van der Waals surface area contributed by atoms with E-state index in [9.17, 15) is 4.79 Å². The minimum atomic E-state index is -0.258. The predicted molar refractivity (Wildman–Crippen MR) is 86.8 cm³/mol. The lowest BCUT2D eigenvalue weighted by molar-refractivity contribution is 0.00990. The molecule has 2 atom stereocenters. The van der Waals surface area contributed by atoms with Gasteiger partial charge in [0.1, 0.15) is 6.10 Å². The molecule has 2 aliphatic heterocycles. The fourth-order valence-corrected chi connectivity index (χ4v) is 4.02. The van der Waals surface area contributed by atoms with Crippen LogP contribution >= 0.6 is 11.3 Å². The van der Waals surface area contributed by atoms with Crippen molar-refractivity contribution in [3.05, 3.63) is 46.8 Å². The Morgan fingerprint density at radius 1 is 1.39 bits per heavy atom. The number of likely N-dealkylation sites (tertiary alicyclic amines) is 1. The van der Waals surface area contributed by atoms with Crippen LogP contribution in [0.25, 0.3) is 0 Å². The van der Waals surface area contributed by atoms with E-state index in [2.05, 4.69) is 4.98 Å². The third-order valence-electron chi connectivity index (χ3n) is 4.44. The number of amides is 1. The molecule has 0 unspecified atom stereocenters. The Morgan fingerprint density at radius 3 is 3.13 bits per heavy atom. The summed E-state index contributed by atoms with van der Waals surface area (Å²) >= 11 is 1.49. The molecule has 2 aromatic rings. The van der Waals surface area contributed by atoms with Gasteiger partial charge in [0.2, 0.25) is 5.88 Å². The van der Waals surface area contributed by atoms with Gasteiger partial charge in [0.15, 0.2) is 0 Å². The van der Waals surface area contributed by atoms with E-state index < -0.39 is 0 Å². The lowest BCUT2D eigenvalue weighted by Crippen LogP contribution is -2.36. The van der Waals surface area contributed by atoms with E-state index in [1.165, 1.54) is 11.3 Å². The van der Waals surface area contributed by atoms with Gasteiger partial charge in [0.05, 0.1) is 23.6 Å². The molecule has 2 saturated heterocycles. The van der Waals surface area contributed by atoms with Gasteiger partial charge in [-0.05, 0) is 23.9 Å². The summed E-state index contributed by atoms with van der Waals surface area (Å²) in [6.07, 6.45) is 3.39. The Kier molecular flexibility index (Phi) is 3.79. The first kappa shape index (κ1) is 14.7. The first-order valence-electron chi connectivity index (χ1n) is 7.79. The quantitative estimate of drug-likeness (QED) is 0.868. The maximum atomic E-state index is 12.5. The molecule has 0 saturated carbocycles. The first-order chi connectivity index (χ1) is 11.2. The maximum absolute atomic E-state index is 12.5. The van der Waals surface area contributed by atoms with Crippen LogP contribution in [0.4, 0.5) is 0 Å². The zero-order valence-corrected chi connectivity index (χ0v) is 13.5. The van der Waals surface area contributed by atoms with E-state index in [1.807, 2.05) is 40.6 Å². The molecule has 2 aliphatic rings. The number of carbonyl (C=O) groups excluding carboxylic acids is 1. The number of aromatic nitrogens is 1. The number of thiophene rings is 1. The Bertz CT molecular complexity index is 676. The lowest BCUT2D eigenvalue weighted by Gasteiger charge is -2.23. The lowest BCUT2D eigenvalue weighted by atomic mass is 9.98. The number of hydrogen-bond donors (Lipinski definition) is 0. The van der Waals surface area contributed by atoms with Gasteiger partial charge in [-0.3, -0.25) is 4.79 Å². The summed E-state index contributed by atoms with van der Waals surface area (Å²) in [7, 11) is 0. The van der Waals surface area contributed by atoms with Crippen molar-refractivity contribution in [1.82, 2.24) is 9.88 Å². The monoisotopic (exact) mass is 330 g/mol. The van der Waals surface area contributed by atoms with Crippen molar-refractivity contribution in [2.45, 2.75) is 24.5 Å². The fraction of sp³-hybridized carbons (Fsp3) is 0.412. The minimum absolute atomic E-state index is 0.00156. The highest BCUT2D eigenvalue weighted by Gasteiger charge is 2.47. The van der Waals surface area contributed by atoms with Crippen LogP contribution < -0.4 is 4.74 Å². The molecular weight excluding hydrogens is 312 g/mol. The number of carbonyl (C=O) groups is 1. The van der Waals surface area contributed by atoms with Crippen LogP contribution in [-0.2, 0) is 4.74 Å². The van der Waals surface area contributed by atoms with Crippen molar-refractivity contribution < 1.29 is 14.3 Å². The van der Waals surface area contributed by atoms with Crippen LogP contribution in [0, 0.1) is 0 Å². The zero-order chi connectivity index (χ0) is 15.7. The van der Waals surface area contributed by atoms with Crippen molar-refractivity contribution >= 4 is 17.2 Å². The van der Waals surface area contributed by atoms with Crippen molar-refractivity contribution in [2.75, 3.05) is 19.7 Å². The second-order valence-electron chi connectivity index (χ2n) is 6.06. The SMILES string of the molecule is O=C(c1cccs1)N1CC[C@]2(C[C@H](Oc3ccccn3)CO2)C1. The normalized spacial score (nSPS) is 26.8. The molecule has 4 heterocycles. The Balaban J connectivity index is 1.38. The molecule has 23 heavy (non-hydrogen) atoms. The van der Waals surface area contributed by atoms with E-state index in [-0.39, 0.29) is 17.6 Å². The van der Waals surface area contributed by atoms with Gasteiger partial charge in [0.25, 0.3) is 5.91 Å². The summed E-state index contributed by atoms with van der Waals surface area (Å²) in [6, 6.07) is 9.41. The first-order valence-corrected chi connectivity index (χ1v) is 8.67. The molecule has 1 amide bonds. The van der Waals surface area contributed by atoms with Crippen molar-refractivity contribution in [2.24, 2.45) is 0 Å². The standard InChI is InChI=1S/C17H18N2O3S/c20-16(14-4-3-9-23-14)19-8-6-17(12-19)10-13(11-21-17)22-15-5-1-2-7-18-15/h1-5,7,9,13H,6,8,10-12H2/t13-,17-/m0/s1. The highest BCUT2D eigenvalue weighted by molar-refractivity contribution is 7.12. The van der Waals surface area contributed by atoms with Crippen molar-refractivity contribution in [3.63, 3.8) is 0 Å². The van der Waals surface area contributed by atoms with Gasteiger partial charge in [-0.15, -0.1) is 11.3 Å². The molecule has 2 fully saturated rings. The van der Waals surface area contributed by atoms with E-state index in [1.54, 1.807) is 6.20 Å². The molecule has 6 heteroatoms. The van der Waals surface area contributed by atoms with Crippen molar-refractivity contribution in [1.29, 1.82) is 0 Å². The Morgan fingerprint density at radius 2 is 2.35 bits per heavy atom. The molecule has 5 nitrogen and oxygen atoms in total. The number of pyridine rings is 1. The van der Waals surface area contributed by atoms with Crippen LogP contribution in [0.3, 0.4) is 0 Å². The Labute approximate surface area is 138 Å². The summed E-state index contributed by atoms with van der Waals surface area (Å²) in [4.78, 5) is 19.3. The van der Waals surface area contributed by atoms with Gasteiger partial charge in [0, 0.05) is 25.2 Å². The van der Waals surface area contributed by atoms with Crippen LogP contribution in [0.1, 0.15) is 22.5 Å². The molecule has 0 bridgehead atoms. The number of rotatable bonds is 3. The second kappa shape index (κ2) is 5.94. The summed E-state index contributed by atoms with van der Waals surface area (Å²) in [6.45, 7) is 1.94. The molecule has 0 aliphatic carbocycles. The third kappa shape index (κ3) is 2.96. The third-order valence-corrected chi connectivity index (χ3v) is 5.29. The highest BCUT2D eigenvalue weighted by atomic mass is 32.1. The van der Waals surface area contributed by atoms with Crippen molar-refractivity contribution in [3.8, 4) is 5.88 Å². The number of hydrogen-bond acceptors (Lipinski definition) is 5. The van der Waals surface area contributed by atoms with E-state index in [0.29, 0.717) is 19.0 Å². The maximum Gasteiger partial charge on any atom is 0.264 e. The van der Waals surface area contributed by atoms with Gasteiger partial charge < -0.3 is 14.4 Å². The summed E-state index contributed by atoms with van der Waals surface area (Å²) in [5.41, 5.74) is -0.258. The molecule has 0 N–H and O–H groups in total. The number of ether oxygens (including phenoxy) is 2.